The van der Waals surface area contributed by atoms with Crippen LogP contribution in [0.4, 0.5) is 0 Å². The van der Waals surface area contributed by atoms with Crippen LogP contribution in [0.25, 0.3) is 11.4 Å². The Kier molecular flexibility index (Phi) is 5.60. The maximum absolute atomic E-state index is 11.7. The summed E-state index contributed by atoms with van der Waals surface area (Å²) in [7, 11) is -10.7. The standard InChI is InChI=1S/C14H10N2O10S2/c17-15(18)12(9-5-2-1-3-6-9)13(16(19)20)10-7-4-8-11(27(21,22)23)14(10)28(24,25)26/h1-8H,(H,21,22,23)(H,24,25,26). The molecule has 0 atom stereocenters. The molecule has 0 spiro atoms. The summed E-state index contributed by atoms with van der Waals surface area (Å²) in [5.41, 5.74) is -3.91. The third-order valence-electron chi connectivity index (χ3n) is 3.41. The van der Waals surface area contributed by atoms with Crippen LogP contribution in [0.1, 0.15) is 11.1 Å². The molecule has 0 aliphatic rings. The summed E-state index contributed by atoms with van der Waals surface area (Å²) in [5.74, 6) is 0. The minimum absolute atomic E-state index is 0.280. The van der Waals surface area contributed by atoms with Gasteiger partial charge in [-0.2, -0.15) is 16.8 Å². The number of nitro groups is 2. The van der Waals surface area contributed by atoms with Crippen molar-refractivity contribution in [2.75, 3.05) is 0 Å². The van der Waals surface area contributed by atoms with Gasteiger partial charge in [0.05, 0.1) is 21.0 Å². The molecule has 0 amide bonds. The zero-order valence-electron chi connectivity index (χ0n) is 13.5. The van der Waals surface area contributed by atoms with Crippen LogP contribution < -0.4 is 0 Å². The van der Waals surface area contributed by atoms with E-state index < -0.39 is 56.8 Å². The lowest BCUT2D eigenvalue weighted by Gasteiger charge is -2.09. The van der Waals surface area contributed by atoms with E-state index >= 15 is 0 Å². The fourth-order valence-electron chi connectivity index (χ4n) is 2.41. The molecule has 0 aliphatic heterocycles. The van der Waals surface area contributed by atoms with Gasteiger partial charge in [0.1, 0.15) is 9.79 Å². The zero-order valence-corrected chi connectivity index (χ0v) is 15.1. The van der Waals surface area contributed by atoms with E-state index in [0.717, 1.165) is 18.2 Å². The van der Waals surface area contributed by atoms with Gasteiger partial charge < -0.3 is 0 Å². The molecule has 28 heavy (non-hydrogen) atoms. The van der Waals surface area contributed by atoms with Gasteiger partial charge in [-0.3, -0.25) is 29.3 Å². The van der Waals surface area contributed by atoms with Gasteiger partial charge in [-0.05, 0) is 24.3 Å². The highest BCUT2D eigenvalue weighted by atomic mass is 32.2. The molecular formula is C14H10N2O10S2. The molecule has 2 aromatic rings. The van der Waals surface area contributed by atoms with Crippen LogP contribution in [0.15, 0.2) is 58.3 Å². The lowest BCUT2D eigenvalue weighted by atomic mass is 10.1. The molecule has 0 bridgehead atoms. The van der Waals surface area contributed by atoms with Crippen molar-refractivity contribution in [3.05, 3.63) is 79.9 Å². The SMILES string of the molecule is O=[N+]([O-])C(=C(c1cccc(S(=O)(=O)O)c1S(=O)(=O)O)[N+](=O)[O-])c1ccccc1. The first-order valence-electron chi connectivity index (χ1n) is 7.02. The molecule has 0 saturated carbocycles. The Morgan fingerprint density at radius 3 is 1.71 bits per heavy atom. The number of nitrogens with zero attached hydrogens (tertiary/aromatic N) is 2. The largest absolute Gasteiger partial charge is 0.355 e. The molecule has 14 heteroatoms. The Labute approximate surface area is 157 Å². The van der Waals surface area contributed by atoms with Gasteiger partial charge in [-0.1, -0.05) is 24.3 Å². The van der Waals surface area contributed by atoms with Gasteiger partial charge in [0.2, 0.25) is 0 Å². The fraction of sp³-hybridized carbons (Fsp3) is 0. The predicted molar refractivity (Wildman–Crippen MR) is 93.3 cm³/mol. The predicted octanol–water partition coefficient (Wildman–Crippen LogP) is 1.56. The number of hydrogen-bond acceptors (Lipinski definition) is 8. The molecule has 148 valence electrons. The van der Waals surface area contributed by atoms with E-state index in [1.165, 1.54) is 18.2 Å². The van der Waals surface area contributed by atoms with Crippen LogP contribution in [0.3, 0.4) is 0 Å². The van der Waals surface area contributed by atoms with Gasteiger partial charge in [-0.25, -0.2) is 0 Å². The van der Waals surface area contributed by atoms with Gasteiger partial charge in [0.15, 0.2) is 0 Å². The smallest absolute Gasteiger partial charge is 0.282 e. The summed E-state index contributed by atoms with van der Waals surface area (Å²) in [4.78, 5) is 17.8. The first-order chi connectivity index (χ1) is 12.9. The fourth-order valence-corrected chi connectivity index (χ4v) is 4.40. The Bertz CT molecular complexity index is 1200. The maximum Gasteiger partial charge on any atom is 0.355 e. The van der Waals surface area contributed by atoms with Gasteiger partial charge in [0.25, 0.3) is 20.2 Å². The van der Waals surface area contributed by atoms with Crippen molar-refractivity contribution in [1.29, 1.82) is 0 Å². The molecular weight excluding hydrogens is 420 g/mol. The van der Waals surface area contributed by atoms with E-state index in [0.29, 0.717) is 12.1 Å². The van der Waals surface area contributed by atoms with Crippen molar-refractivity contribution in [1.82, 2.24) is 0 Å². The average Bonchev–Trinajstić information content (AvgIpc) is 2.57. The highest BCUT2D eigenvalue weighted by Gasteiger charge is 2.39. The first kappa shape index (κ1) is 21.1. The van der Waals surface area contributed by atoms with E-state index in [4.69, 9.17) is 0 Å². The molecule has 0 radical (unpaired) electrons. The van der Waals surface area contributed by atoms with Crippen LogP contribution in [0.5, 0.6) is 0 Å². The van der Waals surface area contributed by atoms with Crippen LogP contribution >= 0.6 is 0 Å². The summed E-state index contributed by atoms with van der Waals surface area (Å²) in [6, 6.07) is 8.48. The van der Waals surface area contributed by atoms with Crippen LogP contribution in [0, 0.1) is 20.2 Å². The molecule has 0 unspecified atom stereocenters. The van der Waals surface area contributed by atoms with Crippen molar-refractivity contribution in [3.63, 3.8) is 0 Å². The lowest BCUT2D eigenvalue weighted by Crippen LogP contribution is -2.15. The quantitative estimate of drug-likeness (QED) is 0.294. The monoisotopic (exact) mass is 430 g/mol. The first-order valence-corrected chi connectivity index (χ1v) is 9.90. The maximum atomic E-state index is 11.7. The summed E-state index contributed by atoms with van der Waals surface area (Å²) in [5, 5.41) is 23.1. The molecule has 12 nitrogen and oxygen atoms in total. The van der Waals surface area contributed by atoms with Gasteiger partial charge in [0, 0.05) is 0 Å². The highest BCUT2D eigenvalue weighted by molar-refractivity contribution is 7.89. The van der Waals surface area contributed by atoms with Crippen molar-refractivity contribution < 1.29 is 35.8 Å². The van der Waals surface area contributed by atoms with Crippen LogP contribution in [-0.2, 0) is 20.2 Å². The normalized spacial score (nSPS) is 12.9. The van der Waals surface area contributed by atoms with Crippen molar-refractivity contribution in [2.24, 2.45) is 0 Å². The van der Waals surface area contributed by atoms with E-state index in [-0.39, 0.29) is 5.56 Å². The molecule has 0 aromatic heterocycles. The number of rotatable bonds is 6. The minimum atomic E-state index is -5.47. The average molecular weight is 430 g/mol. The molecule has 2 aromatic carbocycles. The molecule has 0 heterocycles. The van der Waals surface area contributed by atoms with E-state index in [1.54, 1.807) is 0 Å². The molecule has 2 rings (SSSR count). The summed E-state index contributed by atoms with van der Waals surface area (Å²) >= 11 is 0. The second kappa shape index (κ2) is 7.43. The third-order valence-corrected chi connectivity index (χ3v) is 5.39. The Balaban J connectivity index is 3.13. The molecule has 0 saturated heterocycles. The highest BCUT2D eigenvalue weighted by Crippen LogP contribution is 2.34. The van der Waals surface area contributed by atoms with Crippen LogP contribution in [0.2, 0.25) is 0 Å². The Hall–Kier alpha value is -3.20. The van der Waals surface area contributed by atoms with E-state index in [9.17, 15) is 46.2 Å². The van der Waals surface area contributed by atoms with Gasteiger partial charge >= 0.3 is 11.4 Å². The summed E-state index contributed by atoms with van der Waals surface area (Å²) in [6.07, 6.45) is 0. The second-order valence-corrected chi connectivity index (χ2v) is 7.91. The topological polar surface area (TPSA) is 195 Å². The van der Waals surface area contributed by atoms with Crippen LogP contribution in [-0.4, -0.2) is 35.8 Å². The Morgan fingerprint density at radius 2 is 1.29 bits per heavy atom. The van der Waals surface area contributed by atoms with Crippen molar-refractivity contribution in [3.8, 4) is 0 Å². The minimum Gasteiger partial charge on any atom is -0.282 e. The van der Waals surface area contributed by atoms with E-state index in [2.05, 4.69) is 0 Å². The molecule has 0 fully saturated rings. The molecule has 0 aliphatic carbocycles. The van der Waals surface area contributed by atoms with Crippen molar-refractivity contribution >= 4 is 31.6 Å². The number of benzene rings is 2. The molecule has 2 N–H and O–H groups in total. The Morgan fingerprint density at radius 1 is 0.750 bits per heavy atom. The van der Waals surface area contributed by atoms with Gasteiger partial charge in [-0.15, -0.1) is 0 Å². The van der Waals surface area contributed by atoms with Crippen molar-refractivity contribution in [2.45, 2.75) is 9.79 Å². The third kappa shape index (κ3) is 4.20. The zero-order chi connectivity index (χ0) is 21.3. The number of hydrogen-bond donors (Lipinski definition) is 2. The summed E-state index contributed by atoms with van der Waals surface area (Å²) < 4.78 is 65.1. The second-order valence-electron chi connectivity index (χ2n) is 5.16. The van der Waals surface area contributed by atoms with E-state index in [1.807, 2.05) is 0 Å². The summed E-state index contributed by atoms with van der Waals surface area (Å²) in [6.45, 7) is 0. The lowest BCUT2D eigenvalue weighted by molar-refractivity contribution is -0.406.